The second kappa shape index (κ2) is 6.31. The average Bonchev–Trinajstić information content (AvgIpc) is 3.02. The van der Waals surface area contributed by atoms with Crippen molar-refractivity contribution in [2.24, 2.45) is 0 Å². The van der Waals surface area contributed by atoms with Crippen LogP contribution in [0.15, 0.2) is 10.6 Å². The van der Waals surface area contributed by atoms with Crippen LogP contribution in [0.3, 0.4) is 0 Å². The van der Waals surface area contributed by atoms with Gasteiger partial charge in [0.1, 0.15) is 0 Å². The van der Waals surface area contributed by atoms with Crippen LogP contribution in [0.4, 0.5) is 0 Å². The van der Waals surface area contributed by atoms with Gasteiger partial charge in [0.15, 0.2) is 5.60 Å². The lowest BCUT2D eigenvalue weighted by Crippen LogP contribution is -2.60. The van der Waals surface area contributed by atoms with E-state index in [2.05, 4.69) is 5.16 Å². The number of aromatic nitrogens is 1. The second-order valence-electron chi connectivity index (χ2n) is 6.29. The van der Waals surface area contributed by atoms with Gasteiger partial charge in [-0.05, 0) is 25.7 Å². The molecule has 1 aromatic heterocycles. The molecule has 0 radical (unpaired) electrons. The van der Waals surface area contributed by atoms with Crippen LogP contribution in [0.5, 0.6) is 0 Å². The fraction of sp³-hybridized carbons (Fsp3) is 0.688. The van der Waals surface area contributed by atoms with Gasteiger partial charge in [-0.15, -0.1) is 0 Å². The van der Waals surface area contributed by atoms with Gasteiger partial charge in [-0.1, -0.05) is 12.1 Å². The molecule has 7 nitrogen and oxygen atoms in total. The number of amides is 2. The first-order chi connectivity index (χ1) is 11.1. The summed E-state index contributed by atoms with van der Waals surface area (Å²) in [6.45, 7) is 3.78. The number of hydrogen-bond acceptors (Lipinski definition) is 5. The van der Waals surface area contributed by atoms with Gasteiger partial charge in [0.2, 0.25) is 5.76 Å². The monoisotopic (exact) mass is 321 g/mol. The molecule has 2 amide bonds. The first-order valence-corrected chi connectivity index (χ1v) is 8.20. The summed E-state index contributed by atoms with van der Waals surface area (Å²) in [5, 5.41) is 3.87. The number of aryl methyl sites for hydroxylation is 1. The van der Waals surface area contributed by atoms with Crippen LogP contribution in [0, 0.1) is 0 Å². The quantitative estimate of drug-likeness (QED) is 0.815. The molecule has 7 heteroatoms. The molecule has 2 saturated heterocycles. The van der Waals surface area contributed by atoms with E-state index in [0.717, 1.165) is 25.1 Å². The molecule has 2 aliphatic rings. The predicted octanol–water partition coefficient (Wildman–Crippen LogP) is 1.09. The highest BCUT2D eigenvalue weighted by Gasteiger charge is 2.47. The SMILES string of the molecule is CCc1cc(C(=O)N2CCOC3(CCCCN(C)C3=O)C2)on1. The summed E-state index contributed by atoms with van der Waals surface area (Å²) < 4.78 is 11.0. The largest absolute Gasteiger partial charge is 0.361 e. The van der Waals surface area contributed by atoms with E-state index in [-0.39, 0.29) is 24.1 Å². The maximum absolute atomic E-state index is 12.7. The van der Waals surface area contributed by atoms with Crippen molar-refractivity contribution in [3.05, 3.63) is 17.5 Å². The third-order valence-corrected chi connectivity index (χ3v) is 4.67. The molecule has 2 aliphatic heterocycles. The molecule has 1 spiro atoms. The number of carbonyl (C=O) groups is 2. The van der Waals surface area contributed by atoms with Crippen LogP contribution in [0.1, 0.15) is 42.4 Å². The van der Waals surface area contributed by atoms with Crippen molar-refractivity contribution in [3.8, 4) is 0 Å². The Balaban J connectivity index is 1.79. The number of morpholine rings is 1. The van der Waals surface area contributed by atoms with Crippen molar-refractivity contribution in [3.63, 3.8) is 0 Å². The summed E-state index contributed by atoms with van der Waals surface area (Å²) in [5.74, 6) is -0.0211. The normalized spacial score (nSPS) is 25.7. The number of hydrogen-bond donors (Lipinski definition) is 0. The lowest BCUT2D eigenvalue weighted by atomic mass is 9.94. The lowest BCUT2D eigenvalue weighted by molar-refractivity contribution is -0.166. The van der Waals surface area contributed by atoms with Crippen molar-refractivity contribution >= 4 is 11.8 Å². The third kappa shape index (κ3) is 2.97. The minimum absolute atomic E-state index is 0.0284. The topological polar surface area (TPSA) is 75.9 Å². The zero-order valence-corrected chi connectivity index (χ0v) is 13.7. The van der Waals surface area contributed by atoms with E-state index in [1.807, 2.05) is 6.92 Å². The molecule has 23 heavy (non-hydrogen) atoms. The number of rotatable bonds is 2. The Morgan fingerprint density at radius 1 is 1.39 bits per heavy atom. The van der Waals surface area contributed by atoms with E-state index in [1.165, 1.54) is 0 Å². The average molecular weight is 321 g/mol. The van der Waals surface area contributed by atoms with Crippen molar-refractivity contribution < 1.29 is 18.8 Å². The fourth-order valence-electron chi connectivity index (χ4n) is 3.29. The molecular formula is C16H23N3O4. The second-order valence-corrected chi connectivity index (χ2v) is 6.29. The summed E-state index contributed by atoms with van der Waals surface area (Å²) >= 11 is 0. The summed E-state index contributed by atoms with van der Waals surface area (Å²) in [5.41, 5.74) is -0.158. The van der Waals surface area contributed by atoms with Crippen molar-refractivity contribution in [2.45, 2.75) is 38.2 Å². The number of likely N-dealkylation sites (tertiary alicyclic amines) is 1. The fourth-order valence-corrected chi connectivity index (χ4v) is 3.29. The molecule has 2 fully saturated rings. The van der Waals surface area contributed by atoms with Gasteiger partial charge in [0.25, 0.3) is 11.8 Å². The van der Waals surface area contributed by atoms with Gasteiger partial charge < -0.3 is 19.1 Å². The standard InChI is InChI=1S/C16H23N3O4/c1-3-12-10-13(23-17-12)14(20)19-8-9-22-16(11-19)6-4-5-7-18(2)15(16)21/h10H,3-9,11H2,1-2H3. The molecule has 0 aromatic carbocycles. The Kier molecular flexibility index (Phi) is 4.39. The van der Waals surface area contributed by atoms with Crippen molar-refractivity contribution in [1.82, 2.24) is 15.0 Å². The molecule has 0 saturated carbocycles. The van der Waals surface area contributed by atoms with Crippen LogP contribution in [0.25, 0.3) is 0 Å². The van der Waals surface area contributed by atoms with E-state index in [0.29, 0.717) is 26.0 Å². The number of ether oxygens (including phenoxy) is 1. The summed E-state index contributed by atoms with van der Waals surface area (Å²) in [6.07, 6.45) is 3.24. The van der Waals surface area contributed by atoms with E-state index >= 15 is 0 Å². The molecule has 126 valence electrons. The van der Waals surface area contributed by atoms with Crippen molar-refractivity contribution in [2.75, 3.05) is 33.3 Å². The summed E-state index contributed by atoms with van der Waals surface area (Å²) in [7, 11) is 1.80. The maximum Gasteiger partial charge on any atom is 0.292 e. The Labute approximate surface area is 135 Å². The van der Waals surface area contributed by atoms with Crippen LogP contribution in [-0.2, 0) is 16.0 Å². The predicted molar refractivity (Wildman–Crippen MR) is 82.0 cm³/mol. The minimum Gasteiger partial charge on any atom is -0.361 e. The van der Waals surface area contributed by atoms with Gasteiger partial charge in [0, 0.05) is 26.2 Å². The van der Waals surface area contributed by atoms with E-state index in [1.54, 1.807) is 22.9 Å². The first-order valence-electron chi connectivity index (χ1n) is 8.20. The van der Waals surface area contributed by atoms with E-state index in [9.17, 15) is 9.59 Å². The van der Waals surface area contributed by atoms with Crippen LogP contribution < -0.4 is 0 Å². The van der Waals surface area contributed by atoms with E-state index in [4.69, 9.17) is 9.26 Å². The number of likely N-dealkylation sites (N-methyl/N-ethyl adjacent to an activating group) is 1. The maximum atomic E-state index is 12.7. The zero-order chi connectivity index (χ0) is 16.4. The number of carbonyl (C=O) groups excluding carboxylic acids is 2. The summed E-state index contributed by atoms with van der Waals surface area (Å²) in [4.78, 5) is 28.7. The highest BCUT2D eigenvalue weighted by atomic mass is 16.5. The molecule has 0 aliphatic carbocycles. The molecule has 0 N–H and O–H groups in total. The first kappa shape index (κ1) is 16.0. The summed E-state index contributed by atoms with van der Waals surface area (Å²) in [6, 6.07) is 1.67. The highest BCUT2D eigenvalue weighted by molar-refractivity contribution is 5.93. The van der Waals surface area contributed by atoms with Crippen LogP contribution >= 0.6 is 0 Å². The highest BCUT2D eigenvalue weighted by Crippen LogP contribution is 2.30. The molecule has 1 atom stereocenters. The van der Waals surface area contributed by atoms with Gasteiger partial charge in [0.05, 0.1) is 18.8 Å². The molecule has 0 bridgehead atoms. The van der Waals surface area contributed by atoms with Crippen LogP contribution in [-0.4, -0.2) is 65.7 Å². The van der Waals surface area contributed by atoms with Crippen molar-refractivity contribution in [1.29, 1.82) is 0 Å². The minimum atomic E-state index is -0.910. The van der Waals surface area contributed by atoms with Gasteiger partial charge in [-0.2, -0.15) is 0 Å². The van der Waals surface area contributed by atoms with Crippen LogP contribution in [0.2, 0.25) is 0 Å². The Hall–Kier alpha value is -1.89. The molecule has 3 heterocycles. The molecular weight excluding hydrogens is 298 g/mol. The van der Waals surface area contributed by atoms with Gasteiger partial charge >= 0.3 is 0 Å². The number of nitrogens with zero attached hydrogens (tertiary/aromatic N) is 3. The molecule has 1 unspecified atom stereocenters. The smallest absolute Gasteiger partial charge is 0.292 e. The Bertz CT molecular complexity index is 600. The zero-order valence-electron chi connectivity index (χ0n) is 13.7. The van der Waals surface area contributed by atoms with Gasteiger partial charge in [-0.25, -0.2) is 0 Å². The van der Waals surface area contributed by atoms with E-state index < -0.39 is 5.60 Å². The lowest BCUT2D eigenvalue weighted by Gasteiger charge is -2.41. The third-order valence-electron chi connectivity index (χ3n) is 4.67. The Morgan fingerprint density at radius 2 is 2.22 bits per heavy atom. The van der Waals surface area contributed by atoms with Gasteiger partial charge in [-0.3, -0.25) is 9.59 Å². The Morgan fingerprint density at radius 3 is 2.96 bits per heavy atom. The molecule has 1 aromatic rings. The molecule has 3 rings (SSSR count).